The molecule has 0 aliphatic rings. The summed E-state index contributed by atoms with van der Waals surface area (Å²) in [7, 11) is 0. The number of aromatic nitrogens is 1. The Balaban J connectivity index is 1.89. The third-order valence-corrected chi connectivity index (χ3v) is 4.36. The zero-order valence-corrected chi connectivity index (χ0v) is 14.5. The Hall–Kier alpha value is -2.67. The third kappa shape index (κ3) is 6.39. The van der Waals surface area contributed by atoms with E-state index in [4.69, 9.17) is 5.73 Å². The predicted molar refractivity (Wildman–Crippen MR) is 94.7 cm³/mol. The third-order valence-electron chi connectivity index (χ3n) is 3.35. The van der Waals surface area contributed by atoms with Crippen molar-refractivity contribution < 1.29 is 19.0 Å². The first kappa shape index (κ1) is 18.7. The molecule has 1 aromatic heterocycles. The number of primary amides is 1. The van der Waals surface area contributed by atoms with Gasteiger partial charge in [-0.25, -0.2) is 4.57 Å². The number of benzene rings is 1. The van der Waals surface area contributed by atoms with Crippen molar-refractivity contribution in [3.8, 4) is 0 Å². The second-order valence-electron chi connectivity index (χ2n) is 5.34. The van der Waals surface area contributed by atoms with Crippen LogP contribution in [-0.2, 0) is 16.1 Å². The minimum absolute atomic E-state index is 0.00770. The van der Waals surface area contributed by atoms with Crippen LogP contribution in [0.2, 0.25) is 0 Å². The first-order chi connectivity index (χ1) is 12.1. The molecule has 0 unspecified atom stereocenters. The highest BCUT2D eigenvalue weighted by molar-refractivity contribution is 8.13. The lowest BCUT2D eigenvalue weighted by Crippen LogP contribution is -2.33. The van der Waals surface area contributed by atoms with E-state index in [-0.39, 0.29) is 11.7 Å². The minimum Gasteiger partial charge on any atom is -0.368 e. The maximum absolute atomic E-state index is 12.2. The largest absolute Gasteiger partial charge is 0.368 e. The molecule has 0 atom stereocenters. The predicted octanol–water partition coefficient (Wildman–Crippen LogP) is 1.29. The summed E-state index contributed by atoms with van der Waals surface area (Å²) in [5.41, 5.74) is 5.39. The monoisotopic (exact) mass is 358 g/mol. The van der Waals surface area contributed by atoms with Crippen LogP contribution in [0.1, 0.15) is 23.2 Å². The van der Waals surface area contributed by atoms with Gasteiger partial charge in [0.1, 0.15) is 6.54 Å². The molecule has 0 bridgehead atoms. The molecule has 2 aromatic rings. The molecule has 1 heterocycles. The number of amides is 2. The number of rotatable bonds is 8. The molecule has 3 N–H and O–H groups in total. The van der Waals surface area contributed by atoms with E-state index in [1.54, 1.807) is 24.3 Å². The zero-order valence-electron chi connectivity index (χ0n) is 13.7. The summed E-state index contributed by atoms with van der Waals surface area (Å²) < 4.78 is 2.02. The molecule has 0 saturated carbocycles. The summed E-state index contributed by atoms with van der Waals surface area (Å²) in [5, 5.41) is 2.43. The maximum Gasteiger partial charge on any atom is 0.252 e. The van der Waals surface area contributed by atoms with E-state index in [1.165, 1.54) is 0 Å². The number of hydrogen-bond acceptors (Lipinski definition) is 4. The Bertz CT molecular complexity index is 750. The Morgan fingerprint density at radius 3 is 2.48 bits per heavy atom. The van der Waals surface area contributed by atoms with Crippen LogP contribution in [-0.4, -0.2) is 23.5 Å². The van der Waals surface area contributed by atoms with Gasteiger partial charge in [-0.1, -0.05) is 30.0 Å². The van der Waals surface area contributed by atoms with Crippen molar-refractivity contribution in [3.05, 3.63) is 60.4 Å². The van der Waals surface area contributed by atoms with Gasteiger partial charge in [-0.2, -0.15) is 0 Å². The van der Waals surface area contributed by atoms with Crippen LogP contribution in [0.25, 0.3) is 0 Å². The molecule has 6 nitrogen and oxygen atoms in total. The SMILES string of the molecule is NC(=O)CNC(=O)c1ccccc1SC(=O)CCC[n+]1ccccc1. The van der Waals surface area contributed by atoms with Gasteiger partial charge in [-0.15, -0.1) is 0 Å². The first-order valence-electron chi connectivity index (χ1n) is 7.86. The number of carbonyl (C=O) groups excluding carboxylic acids is 3. The number of hydrogen-bond donors (Lipinski definition) is 2. The fourth-order valence-corrected chi connectivity index (χ4v) is 3.08. The summed E-state index contributed by atoms with van der Waals surface area (Å²) in [6, 6.07) is 12.6. The Labute approximate surface area is 150 Å². The lowest BCUT2D eigenvalue weighted by molar-refractivity contribution is -0.697. The number of carbonyl (C=O) groups is 3. The van der Waals surface area contributed by atoms with Crippen molar-refractivity contribution in [1.29, 1.82) is 0 Å². The quantitative estimate of drug-likeness (QED) is 0.549. The van der Waals surface area contributed by atoms with E-state index in [9.17, 15) is 14.4 Å². The lowest BCUT2D eigenvalue weighted by atomic mass is 10.2. The molecule has 2 rings (SSSR count). The molecule has 0 aliphatic carbocycles. The summed E-state index contributed by atoms with van der Waals surface area (Å²) in [6.07, 6.45) is 5.03. The van der Waals surface area contributed by atoms with Crippen molar-refractivity contribution in [2.45, 2.75) is 24.3 Å². The van der Waals surface area contributed by atoms with Gasteiger partial charge in [0.05, 0.1) is 12.1 Å². The number of thioether (sulfide) groups is 1. The number of nitrogens with two attached hydrogens (primary N) is 1. The van der Waals surface area contributed by atoms with Gasteiger partial charge < -0.3 is 11.1 Å². The molecule has 2 amide bonds. The van der Waals surface area contributed by atoms with Gasteiger partial charge in [0.25, 0.3) is 5.91 Å². The molecule has 0 spiro atoms. The Kier molecular flexibility index (Phi) is 7.16. The normalized spacial score (nSPS) is 10.2. The molecular weight excluding hydrogens is 338 g/mol. The zero-order chi connectivity index (χ0) is 18.1. The van der Waals surface area contributed by atoms with E-state index in [0.29, 0.717) is 16.9 Å². The van der Waals surface area contributed by atoms with Gasteiger partial charge in [-0.3, -0.25) is 14.4 Å². The van der Waals surface area contributed by atoms with Crippen LogP contribution in [0, 0.1) is 0 Å². The molecule has 0 aliphatic heterocycles. The maximum atomic E-state index is 12.2. The fourth-order valence-electron chi connectivity index (χ4n) is 2.17. The molecule has 0 fully saturated rings. The van der Waals surface area contributed by atoms with Crippen LogP contribution in [0.3, 0.4) is 0 Å². The van der Waals surface area contributed by atoms with Crippen molar-refractivity contribution in [2.24, 2.45) is 5.73 Å². The van der Waals surface area contributed by atoms with E-state index in [1.807, 2.05) is 35.2 Å². The van der Waals surface area contributed by atoms with Gasteiger partial charge in [0.15, 0.2) is 17.5 Å². The highest BCUT2D eigenvalue weighted by atomic mass is 32.2. The molecule has 7 heteroatoms. The van der Waals surface area contributed by atoms with E-state index in [2.05, 4.69) is 5.32 Å². The molecule has 25 heavy (non-hydrogen) atoms. The summed E-state index contributed by atoms with van der Waals surface area (Å²) in [6.45, 7) is 0.522. The molecule has 0 saturated heterocycles. The van der Waals surface area contributed by atoms with Gasteiger partial charge in [-0.05, 0) is 12.1 Å². The molecular formula is C18H20N3O3S+. The number of nitrogens with zero attached hydrogens (tertiary/aromatic N) is 1. The highest BCUT2D eigenvalue weighted by Gasteiger charge is 2.15. The van der Waals surface area contributed by atoms with Crippen LogP contribution in [0.5, 0.6) is 0 Å². The van der Waals surface area contributed by atoms with Crippen molar-refractivity contribution in [1.82, 2.24) is 5.32 Å². The minimum atomic E-state index is -0.618. The van der Waals surface area contributed by atoms with Crippen molar-refractivity contribution in [3.63, 3.8) is 0 Å². The average molecular weight is 358 g/mol. The standard InChI is InChI=1S/C18H19N3O3S/c19-16(22)13-20-18(24)14-7-2-3-8-15(14)25-17(23)9-6-12-21-10-4-1-5-11-21/h1-5,7-8,10-11H,6,9,12-13H2,(H2-,19,20,22,24)/p+1. The fraction of sp³-hybridized carbons (Fsp3) is 0.222. The average Bonchev–Trinajstić information content (AvgIpc) is 2.61. The first-order valence-corrected chi connectivity index (χ1v) is 8.68. The van der Waals surface area contributed by atoms with Gasteiger partial charge in [0.2, 0.25) is 5.91 Å². The van der Waals surface area contributed by atoms with Crippen molar-refractivity contribution >= 4 is 28.7 Å². The molecule has 0 radical (unpaired) electrons. The summed E-state index contributed by atoms with van der Waals surface area (Å²) in [4.78, 5) is 35.6. The second kappa shape index (κ2) is 9.58. The Morgan fingerprint density at radius 1 is 1.04 bits per heavy atom. The summed E-state index contributed by atoms with van der Waals surface area (Å²) >= 11 is 1.04. The van der Waals surface area contributed by atoms with Crippen LogP contribution >= 0.6 is 11.8 Å². The van der Waals surface area contributed by atoms with Crippen molar-refractivity contribution in [2.75, 3.05) is 6.54 Å². The topological polar surface area (TPSA) is 93.1 Å². The van der Waals surface area contributed by atoms with Crippen LogP contribution in [0.4, 0.5) is 0 Å². The van der Waals surface area contributed by atoms with Crippen LogP contribution in [0.15, 0.2) is 59.8 Å². The van der Waals surface area contributed by atoms with E-state index in [0.717, 1.165) is 24.7 Å². The number of nitrogens with one attached hydrogen (secondary N) is 1. The summed E-state index contributed by atoms with van der Waals surface area (Å²) in [5.74, 6) is -1.04. The smallest absolute Gasteiger partial charge is 0.252 e. The van der Waals surface area contributed by atoms with Gasteiger partial charge in [0, 0.05) is 29.9 Å². The molecule has 130 valence electrons. The highest BCUT2D eigenvalue weighted by Crippen LogP contribution is 2.24. The number of aryl methyl sites for hydroxylation is 1. The second-order valence-corrected chi connectivity index (χ2v) is 6.44. The van der Waals surface area contributed by atoms with Crippen LogP contribution < -0.4 is 15.6 Å². The van der Waals surface area contributed by atoms with E-state index >= 15 is 0 Å². The van der Waals surface area contributed by atoms with Gasteiger partial charge >= 0.3 is 0 Å². The van der Waals surface area contributed by atoms with E-state index < -0.39 is 11.8 Å². The Morgan fingerprint density at radius 2 is 1.76 bits per heavy atom. The lowest BCUT2D eigenvalue weighted by Gasteiger charge is -2.08. The molecule has 1 aromatic carbocycles. The number of pyridine rings is 1.